The van der Waals surface area contributed by atoms with Crippen molar-refractivity contribution >= 4 is 28.7 Å². The number of aliphatic carboxylic acids is 1. The fourth-order valence-electron chi connectivity index (χ4n) is 4.68. The van der Waals surface area contributed by atoms with Crippen LogP contribution in [0.15, 0.2) is 30.3 Å². The van der Waals surface area contributed by atoms with E-state index < -0.39 is 11.4 Å². The van der Waals surface area contributed by atoms with Gasteiger partial charge in [-0.1, -0.05) is 24.6 Å². The molecule has 0 unspecified atom stereocenters. The maximum absolute atomic E-state index is 12.8. The van der Waals surface area contributed by atoms with Crippen LogP contribution in [0.2, 0.25) is 0 Å². The first-order chi connectivity index (χ1) is 13.4. The quantitative estimate of drug-likeness (QED) is 0.849. The number of rotatable bonds is 4. The molecule has 2 aromatic rings. The molecular formula is C21H26N4O3. The van der Waals surface area contributed by atoms with Crippen molar-refractivity contribution in [2.24, 2.45) is 11.3 Å². The van der Waals surface area contributed by atoms with Crippen LogP contribution in [0.4, 0.5) is 10.6 Å². The van der Waals surface area contributed by atoms with Crippen molar-refractivity contribution in [2.75, 3.05) is 32.1 Å². The van der Waals surface area contributed by atoms with Gasteiger partial charge in [-0.15, -0.1) is 0 Å². The molecule has 1 saturated heterocycles. The molecule has 2 N–H and O–H groups in total. The molecule has 0 bridgehead atoms. The number of carboxylic acids is 1. The number of fused-ring (bicyclic) bond motifs is 2. The van der Waals surface area contributed by atoms with Gasteiger partial charge in [-0.05, 0) is 36.5 Å². The van der Waals surface area contributed by atoms with Gasteiger partial charge < -0.3 is 20.2 Å². The third kappa shape index (κ3) is 3.04. The van der Waals surface area contributed by atoms with Gasteiger partial charge in [-0.2, -0.15) is 0 Å². The summed E-state index contributed by atoms with van der Waals surface area (Å²) in [5.74, 6) is 0.141. The van der Waals surface area contributed by atoms with Crippen LogP contribution in [-0.2, 0) is 11.3 Å². The monoisotopic (exact) mass is 382 g/mol. The number of carboxylic acid groups (broad SMARTS) is 1. The molecule has 7 heteroatoms. The van der Waals surface area contributed by atoms with E-state index in [-0.39, 0.29) is 11.9 Å². The van der Waals surface area contributed by atoms with E-state index in [0.717, 1.165) is 35.1 Å². The maximum Gasteiger partial charge on any atom is 0.317 e. The number of carbonyl (C=O) groups excluding carboxylic acids is 1. The third-order valence-corrected chi connectivity index (χ3v) is 6.26. The predicted molar refractivity (Wildman–Crippen MR) is 107 cm³/mol. The van der Waals surface area contributed by atoms with Crippen LogP contribution in [0.1, 0.15) is 24.8 Å². The van der Waals surface area contributed by atoms with Crippen molar-refractivity contribution in [3.63, 3.8) is 0 Å². The SMILES string of the molecule is CN(C)c1cc(CNC(=O)N2C[C@@H]3CCC[C@@]3(C(=O)O)C2)c2ccccc2n1. The van der Waals surface area contributed by atoms with Crippen LogP contribution in [0.3, 0.4) is 0 Å². The Morgan fingerprint density at radius 3 is 2.86 bits per heavy atom. The molecule has 28 heavy (non-hydrogen) atoms. The van der Waals surface area contributed by atoms with E-state index in [1.807, 2.05) is 49.3 Å². The summed E-state index contributed by atoms with van der Waals surface area (Å²) in [6.45, 7) is 1.21. The predicted octanol–water partition coefficient (Wildman–Crippen LogP) is 2.70. The summed E-state index contributed by atoms with van der Waals surface area (Å²) in [4.78, 5) is 32.9. The van der Waals surface area contributed by atoms with E-state index >= 15 is 0 Å². The molecule has 7 nitrogen and oxygen atoms in total. The highest BCUT2D eigenvalue weighted by Gasteiger charge is 2.55. The van der Waals surface area contributed by atoms with E-state index in [1.165, 1.54) is 0 Å². The van der Waals surface area contributed by atoms with Crippen LogP contribution < -0.4 is 10.2 Å². The number of para-hydroxylation sites is 1. The lowest BCUT2D eigenvalue weighted by molar-refractivity contribution is -0.149. The van der Waals surface area contributed by atoms with Crippen LogP contribution in [0, 0.1) is 11.3 Å². The molecule has 1 aliphatic heterocycles. The number of amides is 2. The minimum Gasteiger partial charge on any atom is -0.481 e. The largest absolute Gasteiger partial charge is 0.481 e. The highest BCUT2D eigenvalue weighted by atomic mass is 16.4. The number of pyridine rings is 1. The number of nitrogens with zero attached hydrogens (tertiary/aromatic N) is 3. The Hall–Kier alpha value is -2.83. The Balaban J connectivity index is 1.51. The molecule has 1 saturated carbocycles. The molecule has 2 amide bonds. The number of aromatic nitrogens is 1. The molecule has 1 aliphatic carbocycles. The van der Waals surface area contributed by atoms with Crippen LogP contribution >= 0.6 is 0 Å². The maximum atomic E-state index is 12.8. The highest BCUT2D eigenvalue weighted by molar-refractivity contribution is 5.85. The van der Waals surface area contributed by atoms with E-state index in [4.69, 9.17) is 0 Å². The minimum atomic E-state index is -0.763. The summed E-state index contributed by atoms with van der Waals surface area (Å²) in [7, 11) is 3.88. The van der Waals surface area contributed by atoms with Gasteiger partial charge in [0.2, 0.25) is 0 Å². The van der Waals surface area contributed by atoms with Gasteiger partial charge in [0.1, 0.15) is 5.82 Å². The fraction of sp³-hybridized carbons (Fsp3) is 0.476. The molecule has 1 aromatic carbocycles. The molecule has 0 spiro atoms. The van der Waals surface area contributed by atoms with Crippen molar-refractivity contribution in [3.05, 3.63) is 35.9 Å². The average molecular weight is 382 g/mol. The fourth-order valence-corrected chi connectivity index (χ4v) is 4.68. The Morgan fingerprint density at radius 1 is 1.36 bits per heavy atom. The van der Waals surface area contributed by atoms with Crippen LogP contribution in [0.5, 0.6) is 0 Å². The Labute approximate surface area is 164 Å². The van der Waals surface area contributed by atoms with Gasteiger partial charge in [-0.3, -0.25) is 4.79 Å². The van der Waals surface area contributed by atoms with Crippen LogP contribution in [0.25, 0.3) is 10.9 Å². The van der Waals surface area contributed by atoms with E-state index in [0.29, 0.717) is 26.1 Å². The van der Waals surface area contributed by atoms with Gasteiger partial charge in [-0.25, -0.2) is 9.78 Å². The number of nitrogens with one attached hydrogen (secondary N) is 1. The van der Waals surface area contributed by atoms with Gasteiger partial charge in [0.05, 0.1) is 10.9 Å². The summed E-state index contributed by atoms with van der Waals surface area (Å²) in [6, 6.07) is 9.67. The van der Waals surface area contributed by atoms with Gasteiger partial charge in [0, 0.05) is 39.1 Å². The van der Waals surface area contributed by atoms with E-state index in [1.54, 1.807) is 4.90 Å². The second kappa shape index (κ2) is 6.96. The number of hydrogen-bond acceptors (Lipinski definition) is 4. The first kappa shape index (κ1) is 18.5. The Morgan fingerprint density at radius 2 is 2.14 bits per heavy atom. The zero-order chi connectivity index (χ0) is 19.9. The zero-order valence-corrected chi connectivity index (χ0v) is 16.3. The van der Waals surface area contributed by atoms with Crippen LogP contribution in [-0.4, -0.2) is 54.2 Å². The molecule has 2 aliphatic rings. The van der Waals surface area contributed by atoms with Gasteiger partial charge >= 0.3 is 12.0 Å². The van der Waals surface area contributed by atoms with Gasteiger partial charge in [0.15, 0.2) is 0 Å². The molecule has 1 aromatic heterocycles. The minimum absolute atomic E-state index is 0.0675. The third-order valence-electron chi connectivity index (χ3n) is 6.26. The lowest BCUT2D eigenvalue weighted by Crippen LogP contribution is -2.41. The molecule has 4 rings (SSSR count). The summed E-state index contributed by atoms with van der Waals surface area (Å²) < 4.78 is 0. The van der Waals surface area contributed by atoms with E-state index in [9.17, 15) is 14.7 Å². The first-order valence-corrected chi connectivity index (χ1v) is 9.73. The van der Waals surface area contributed by atoms with Crippen molar-refractivity contribution in [3.8, 4) is 0 Å². The lowest BCUT2D eigenvalue weighted by Gasteiger charge is -2.23. The lowest BCUT2D eigenvalue weighted by atomic mass is 9.81. The smallest absolute Gasteiger partial charge is 0.317 e. The molecule has 0 radical (unpaired) electrons. The number of benzene rings is 1. The van der Waals surface area contributed by atoms with Crippen molar-refractivity contribution in [1.29, 1.82) is 0 Å². The number of likely N-dealkylation sites (tertiary alicyclic amines) is 1. The van der Waals surface area contributed by atoms with Gasteiger partial charge in [0.25, 0.3) is 0 Å². The summed E-state index contributed by atoms with van der Waals surface area (Å²) in [6.07, 6.45) is 2.48. The highest BCUT2D eigenvalue weighted by Crippen LogP contribution is 2.48. The molecular weight excluding hydrogens is 356 g/mol. The zero-order valence-electron chi connectivity index (χ0n) is 16.3. The average Bonchev–Trinajstić information content (AvgIpc) is 3.24. The molecule has 2 fully saturated rings. The topological polar surface area (TPSA) is 85.8 Å². The Kier molecular flexibility index (Phi) is 4.61. The number of hydrogen-bond donors (Lipinski definition) is 2. The number of anilines is 1. The second-order valence-corrected chi connectivity index (χ2v) is 8.14. The molecule has 2 atom stereocenters. The molecule has 2 heterocycles. The van der Waals surface area contributed by atoms with E-state index in [2.05, 4.69) is 10.3 Å². The number of carbonyl (C=O) groups is 2. The van der Waals surface area contributed by atoms with Crippen molar-refractivity contribution < 1.29 is 14.7 Å². The van der Waals surface area contributed by atoms with Crippen molar-refractivity contribution in [2.45, 2.75) is 25.8 Å². The first-order valence-electron chi connectivity index (χ1n) is 9.73. The Bertz CT molecular complexity index is 929. The normalized spacial score (nSPS) is 23.6. The summed E-state index contributed by atoms with van der Waals surface area (Å²) >= 11 is 0. The second-order valence-electron chi connectivity index (χ2n) is 8.14. The van der Waals surface area contributed by atoms with Crippen molar-refractivity contribution in [1.82, 2.24) is 15.2 Å². The number of urea groups is 1. The summed E-state index contributed by atoms with van der Waals surface area (Å²) in [5.41, 5.74) is 1.13. The molecule has 148 valence electrons. The summed E-state index contributed by atoms with van der Waals surface area (Å²) in [5, 5.41) is 13.7. The standard InChI is InChI=1S/C21H26N4O3/c1-24(2)18-10-14(16-7-3-4-8-17(16)23-18)11-22-20(28)25-12-15-6-5-9-21(15,13-25)19(26)27/h3-4,7-8,10,15H,5-6,9,11-13H2,1-2H3,(H,22,28)(H,26,27)/t15-,21+/m0/s1.